The van der Waals surface area contributed by atoms with Gasteiger partial charge in [0.05, 0.1) is 5.02 Å². The van der Waals surface area contributed by atoms with Gasteiger partial charge < -0.3 is 4.98 Å². The number of fused-ring (bicyclic) bond motifs is 1. The highest BCUT2D eigenvalue weighted by Crippen LogP contribution is 2.37. The SMILES string of the molecule is Cc1[nH]c2ccccc2c1C1CCN(S(=O)(=O)c2ccccc2Cl)CC1. The van der Waals surface area contributed by atoms with Gasteiger partial charge in [0.2, 0.25) is 10.0 Å². The van der Waals surface area contributed by atoms with Gasteiger partial charge in [-0.05, 0) is 49.4 Å². The summed E-state index contributed by atoms with van der Waals surface area (Å²) >= 11 is 6.11. The molecule has 1 aliphatic rings. The number of hydrogen-bond acceptors (Lipinski definition) is 2. The number of piperidine rings is 1. The maximum atomic E-state index is 12.9. The third kappa shape index (κ3) is 2.94. The number of halogens is 1. The van der Waals surface area contributed by atoms with E-state index in [1.165, 1.54) is 16.6 Å². The number of aromatic nitrogens is 1. The molecule has 0 saturated carbocycles. The summed E-state index contributed by atoms with van der Waals surface area (Å²) in [6, 6.07) is 15.0. The first-order chi connectivity index (χ1) is 12.5. The van der Waals surface area contributed by atoms with Gasteiger partial charge in [-0.3, -0.25) is 0 Å². The van der Waals surface area contributed by atoms with E-state index in [-0.39, 0.29) is 9.92 Å². The van der Waals surface area contributed by atoms with E-state index in [0.29, 0.717) is 19.0 Å². The van der Waals surface area contributed by atoms with Crippen molar-refractivity contribution in [3.8, 4) is 0 Å². The maximum Gasteiger partial charge on any atom is 0.244 e. The summed E-state index contributed by atoms with van der Waals surface area (Å²) in [6.45, 7) is 3.12. The molecule has 3 aromatic rings. The summed E-state index contributed by atoms with van der Waals surface area (Å²) in [5.74, 6) is 0.365. The lowest BCUT2D eigenvalue weighted by molar-refractivity contribution is 0.320. The molecule has 1 N–H and O–H groups in total. The second kappa shape index (κ2) is 6.72. The molecule has 26 heavy (non-hydrogen) atoms. The van der Waals surface area contributed by atoms with Gasteiger partial charge in [0.1, 0.15) is 4.90 Å². The summed E-state index contributed by atoms with van der Waals surface area (Å²) in [6.07, 6.45) is 1.62. The standard InChI is InChI=1S/C20H21ClN2O2S/c1-14-20(16-6-2-4-8-18(16)22-14)15-10-12-23(13-11-15)26(24,25)19-9-5-3-7-17(19)21/h2-9,15,22H,10-13H2,1H3. The molecule has 6 heteroatoms. The highest BCUT2D eigenvalue weighted by molar-refractivity contribution is 7.89. The Labute approximate surface area is 158 Å². The Morgan fingerprint density at radius 3 is 2.42 bits per heavy atom. The van der Waals surface area contributed by atoms with Gasteiger partial charge in [-0.2, -0.15) is 4.31 Å². The Morgan fingerprint density at radius 1 is 1.04 bits per heavy atom. The van der Waals surface area contributed by atoms with Crippen LogP contribution in [0.2, 0.25) is 5.02 Å². The van der Waals surface area contributed by atoms with E-state index < -0.39 is 10.0 Å². The van der Waals surface area contributed by atoms with Gasteiger partial charge in [-0.15, -0.1) is 0 Å². The second-order valence-electron chi connectivity index (χ2n) is 6.82. The van der Waals surface area contributed by atoms with Gasteiger partial charge in [-0.1, -0.05) is 41.9 Å². The van der Waals surface area contributed by atoms with Crippen molar-refractivity contribution >= 4 is 32.5 Å². The zero-order valence-electron chi connectivity index (χ0n) is 14.6. The molecule has 4 rings (SSSR count). The Balaban J connectivity index is 1.58. The molecule has 0 bridgehead atoms. The number of benzene rings is 2. The number of nitrogens with zero attached hydrogens (tertiary/aromatic N) is 1. The van der Waals surface area contributed by atoms with E-state index in [4.69, 9.17) is 11.6 Å². The van der Waals surface area contributed by atoms with Crippen molar-refractivity contribution in [1.29, 1.82) is 0 Å². The largest absolute Gasteiger partial charge is 0.358 e. The van der Waals surface area contributed by atoms with Crippen LogP contribution in [0.3, 0.4) is 0 Å². The topological polar surface area (TPSA) is 53.2 Å². The smallest absolute Gasteiger partial charge is 0.244 e. The van der Waals surface area contributed by atoms with Crippen LogP contribution >= 0.6 is 11.6 Å². The van der Waals surface area contributed by atoms with Crippen LogP contribution in [0.5, 0.6) is 0 Å². The third-order valence-corrected chi connectivity index (χ3v) is 7.66. The van der Waals surface area contributed by atoms with Crippen molar-refractivity contribution < 1.29 is 8.42 Å². The van der Waals surface area contributed by atoms with Crippen LogP contribution in [0, 0.1) is 6.92 Å². The minimum absolute atomic E-state index is 0.198. The normalized spacial score (nSPS) is 17.0. The Hall–Kier alpha value is -1.82. The van der Waals surface area contributed by atoms with Gasteiger partial charge in [0, 0.05) is 29.7 Å². The number of aromatic amines is 1. The minimum Gasteiger partial charge on any atom is -0.358 e. The van der Waals surface area contributed by atoms with Gasteiger partial charge >= 0.3 is 0 Å². The molecule has 1 fully saturated rings. The quantitative estimate of drug-likeness (QED) is 0.707. The average Bonchev–Trinajstić information content (AvgIpc) is 2.98. The number of rotatable bonds is 3. The van der Waals surface area contributed by atoms with E-state index in [1.807, 2.05) is 6.07 Å². The Morgan fingerprint density at radius 2 is 1.69 bits per heavy atom. The molecule has 0 unspecified atom stereocenters. The van der Waals surface area contributed by atoms with Crippen LogP contribution in [-0.4, -0.2) is 30.8 Å². The maximum absolute atomic E-state index is 12.9. The summed E-state index contributed by atoms with van der Waals surface area (Å²) < 4.78 is 27.4. The Bertz CT molecular complexity index is 1050. The molecule has 136 valence electrons. The van der Waals surface area contributed by atoms with E-state index in [1.54, 1.807) is 28.6 Å². The number of sulfonamides is 1. The Kier molecular flexibility index (Phi) is 4.55. The van der Waals surface area contributed by atoms with E-state index in [9.17, 15) is 8.42 Å². The predicted molar refractivity (Wildman–Crippen MR) is 105 cm³/mol. The first-order valence-electron chi connectivity index (χ1n) is 8.80. The van der Waals surface area contributed by atoms with E-state index >= 15 is 0 Å². The fourth-order valence-corrected chi connectivity index (χ4v) is 5.97. The highest BCUT2D eigenvalue weighted by atomic mass is 35.5. The molecule has 2 aromatic carbocycles. The lowest BCUT2D eigenvalue weighted by Gasteiger charge is -2.31. The highest BCUT2D eigenvalue weighted by Gasteiger charge is 2.32. The molecule has 0 spiro atoms. The van der Waals surface area contributed by atoms with Crippen molar-refractivity contribution in [1.82, 2.24) is 9.29 Å². The summed E-state index contributed by atoms with van der Waals surface area (Å²) in [4.78, 5) is 3.65. The predicted octanol–water partition coefficient (Wildman–Crippen LogP) is 4.70. The molecule has 4 nitrogen and oxygen atoms in total. The number of H-pyrrole nitrogens is 1. The first-order valence-corrected chi connectivity index (χ1v) is 10.6. The molecule has 2 heterocycles. The van der Waals surface area contributed by atoms with Gasteiger partial charge in [-0.25, -0.2) is 8.42 Å². The van der Waals surface area contributed by atoms with Gasteiger partial charge in [0.15, 0.2) is 0 Å². The molecule has 1 aliphatic heterocycles. The van der Waals surface area contributed by atoms with Crippen LogP contribution in [0.25, 0.3) is 10.9 Å². The van der Waals surface area contributed by atoms with Crippen molar-refractivity contribution in [3.63, 3.8) is 0 Å². The second-order valence-corrected chi connectivity index (χ2v) is 9.13. The molecule has 1 aromatic heterocycles. The molecule has 0 radical (unpaired) electrons. The molecular formula is C20H21ClN2O2S. The number of aryl methyl sites for hydroxylation is 1. The summed E-state index contributed by atoms with van der Waals surface area (Å²) in [5, 5.41) is 1.53. The average molecular weight is 389 g/mol. The first kappa shape index (κ1) is 17.6. The number of hydrogen-bond donors (Lipinski definition) is 1. The van der Waals surface area contributed by atoms with Crippen LogP contribution in [0.1, 0.15) is 30.0 Å². The van der Waals surface area contributed by atoms with Crippen molar-refractivity contribution in [2.45, 2.75) is 30.6 Å². The molecule has 0 amide bonds. The van der Waals surface area contributed by atoms with Crippen LogP contribution in [0.15, 0.2) is 53.4 Å². The zero-order valence-corrected chi connectivity index (χ0v) is 16.1. The summed E-state index contributed by atoms with van der Waals surface area (Å²) in [7, 11) is -3.54. The summed E-state index contributed by atoms with van der Waals surface area (Å²) in [5.41, 5.74) is 3.65. The molecular weight excluding hydrogens is 368 g/mol. The van der Waals surface area contributed by atoms with Crippen molar-refractivity contribution in [2.24, 2.45) is 0 Å². The van der Waals surface area contributed by atoms with Crippen molar-refractivity contribution in [2.75, 3.05) is 13.1 Å². The van der Waals surface area contributed by atoms with Gasteiger partial charge in [0.25, 0.3) is 0 Å². The molecule has 1 saturated heterocycles. The lowest BCUT2D eigenvalue weighted by Crippen LogP contribution is -2.38. The fraction of sp³-hybridized carbons (Fsp3) is 0.300. The van der Waals surface area contributed by atoms with E-state index in [0.717, 1.165) is 18.4 Å². The monoisotopic (exact) mass is 388 g/mol. The lowest BCUT2D eigenvalue weighted by atomic mass is 9.88. The van der Waals surface area contributed by atoms with E-state index in [2.05, 4.69) is 30.1 Å². The fourth-order valence-electron chi connectivity index (χ4n) is 4.00. The number of nitrogens with one attached hydrogen (secondary N) is 1. The number of para-hydroxylation sites is 1. The van der Waals surface area contributed by atoms with Crippen LogP contribution < -0.4 is 0 Å². The molecule has 0 atom stereocenters. The molecule has 0 aliphatic carbocycles. The van der Waals surface area contributed by atoms with Crippen LogP contribution in [0.4, 0.5) is 0 Å². The third-order valence-electron chi connectivity index (χ3n) is 5.26. The minimum atomic E-state index is -3.54. The zero-order chi connectivity index (χ0) is 18.3. The van der Waals surface area contributed by atoms with Crippen molar-refractivity contribution in [3.05, 3.63) is 64.8 Å². The van der Waals surface area contributed by atoms with Crippen LogP contribution in [-0.2, 0) is 10.0 Å².